The lowest BCUT2D eigenvalue weighted by atomic mass is 9.99. The van der Waals surface area contributed by atoms with Gasteiger partial charge in [-0.2, -0.15) is 16.1 Å². The van der Waals surface area contributed by atoms with Crippen molar-refractivity contribution in [2.24, 2.45) is 5.92 Å². The highest BCUT2D eigenvalue weighted by Crippen LogP contribution is 2.27. The first-order valence-electron chi connectivity index (χ1n) is 9.21. The number of hydrogen-bond donors (Lipinski definition) is 1. The Morgan fingerprint density at radius 2 is 2.10 bits per heavy atom. The van der Waals surface area contributed by atoms with Crippen molar-refractivity contribution in [3.05, 3.63) is 51.3 Å². The van der Waals surface area contributed by atoms with Gasteiger partial charge in [-0.1, -0.05) is 35.3 Å². The van der Waals surface area contributed by atoms with Crippen LogP contribution in [0.1, 0.15) is 18.4 Å². The van der Waals surface area contributed by atoms with Gasteiger partial charge in [0.25, 0.3) is 10.0 Å². The van der Waals surface area contributed by atoms with Crippen LogP contribution >= 0.6 is 46.3 Å². The zero-order valence-corrected chi connectivity index (χ0v) is 19.6. The molecular weight excluding hydrogens is 471 g/mol. The number of hydrogen-bond acceptors (Lipinski definition) is 5. The van der Waals surface area contributed by atoms with Gasteiger partial charge < -0.3 is 5.32 Å². The van der Waals surface area contributed by atoms with E-state index in [1.54, 1.807) is 35.3 Å². The summed E-state index contributed by atoms with van der Waals surface area (Å²) in [5.74, 6) is 1.16. The number of rotatable bonds is 8. The number of carbonyl (C=O) groups is 1. The molecule has 1 fully saturated rings. The molecule has 0 saturated carbocycles. The first-order chi connectivity index (χ1) is 13.9. The molecule has 0 spiro atoms. The highest BCUT2D eigenvalue weighted by atomic mass is 35.5. The molecule has 29 heavy (non-hydrogen) atoms. The van der Waals surface area contributed by atoms with Gasteiger partial charge in [-0.05, 0) is 42.0 Å². The van der Waals surface area contributed by atoms with Crippen LogP contribution in [0.4, 0.5) is 0 Å². The topological polar surface area (TPSA) is 66.5 Å². The first-order valence-corrected chi connectivity index (χ1v) is 13.4. The lowest BCUT2D eigenvalue weighted by molar-refractivity contribution is -0.125. The summed E-state index contributed by atoms with van der Waals surface area (Å²) in [4.78, 5) is 12.5. The third kappa shape index (κ3) is 6.12. The minimum Gasteiger partial charge on any atom is -0.355 e. The van der Waals surface area contributed by atoms with E-state index in [9.17, 15) is 13.2 Å². The molecule has 0 unspecified atom stereocenters. The Balaban J connectivity index is 1.42. The van der Waals surface area contributed by atoms with Gasteiger partial charge in [0.1, 0.15) is 4.21 Å². The van der Waals surface area contributed by atoms with Gasteiger partial charge in [-0.15, -0.1) is 11.3 Å². The van der Waals surface area contributed by atoms with E-state index in [-0.39, 0.29) is 18.4 Å². The van der Waals surface area contributed by atoms with Gasteiger partial charge in [-0.3, -0.25) is 4.79 Å². The van der Waals surface area contributed by atoms with Crippen molar-refractivity contribution in [1.82, 2.24) is 9.62 Å². The molecule has 1 amide bonds. The van der Waals surface area contributed by atoms with Crippen molar-refractivity contribution in [1.29, 1.82) is 0 Å². The molecule has 3 rings (SSSR count). The summed E-state index contributed by atoms with van der Waals surface area (Å²) in [5, 5.41) is 5.76. The lowest BCUT2D eigenvalue weighted by Gasteiger charge is -2.30. The van der Waals surface area contributed by atoms with Gasteiger partial charge in [0.15, 0.2) is 0 Å². The van der Waals surface area contributed by atoms with Crippen LogP contribution in [-0.2, 0) is 20.6 Å². The number of halogens is 2. The highest BCUT2D eigenvalue weighted by molar-refractivity contribution is 7.98. The Morgan fingerprint density at radius 3 is 2.83 bits per heavy atom. The van der Waals surface area contributed by atoms with Gasteiger partial charge in [0.05, 0.1) is 16.0 Å². The fourth-order valence-electron chi connectivity index (χ4n) is 3.12. The van der Waals surface area contributed by atoms with Crippen LogP contribution in [0, 0.1) is 5.92 Å². The van der Waals surface area contributed by atoms with E-state index in [1.807, 2.05) is 12.1 Å². The molecule has 1 atom stereocenters. The van der Waals surface area contributed by atoms with Crippen LogP contribution in [0.2, 0.25) is 10.0 Å². The largest absolute Gasteiger partial charge is 0.355 e. The van der Waals surface area contributed by atoms with Crippen LogP contribution in [0.5, 0.6) is 0 Å². The van der Waals surface area contributed by atoms with Gasteiger partial charge in [-0.25, -0.2) is 8.42 Å². The molecule has 2 aromatic rings. The second-order valence-corrected chi connectivity index (χ2v) is 11.8. The van der Waals surface area contributed by atoms with E-state index in [0.717, 1.165) is 17.1 Å². The Bertz CT molecular complexity index is 936. The lowest BCUT2D eigenvalue weighted by Crippen LogP contribution is -2.45. The summed E-state index contributed by atoms with van der Waals surface area (Å²) in [7, 11) is -3.50. The molecule has 1 aliphatic rings. The minimum absolute atomic E-state index is 0.0776. The molecule has 10 heteroatoms. The third-order valence-electron chi connectivity index (χ3n) is 4.64. The molecule has 1 aromatic heterocycles. The van der Waals surface area contributed by atoms with E-state index in [0.29, 0.717) is 40.2 Å². The average Bonchev–Trinajstić information content (AvgIpc) is 3.26. The Morgan fingerprint density at radius 1 is 1.28 bits per heavy atom. The van der Waals surface area contributed by atoms with Crippen LogP contribution in [0.3, 0.4) is 0 Å². The number of thiophene rings is 1. The predicted molar refractivity (Wildman–Crippen MR) is 121 cm³/mol. The molecule has 5 nitrogen and oxygen atoms in total. The predicted octanol–water partition coefficient (Wildman–Crippen LogP) is 4.51. The molecule has 1 aliphatic heterocycles. The Kier molecular flexibility index (Phi) is 8.30. The van der Waals surface area contributed by atoms with Gasteiger partial charge in [0.2, 0.25) is 5.91 Å². The zero-order valence-electron chi connectivity index (χ0n) is 15.6. The van der Waals surface area contributed by atoms with E-state index in [4.69, 9.17) is 23.2 Å². The second-order valence-electron chi connectivity index (χ2n) is 6.73. The third-order valence-corrected chi connectivity index (χ3v) is 9.65. The molecule has 1 saturated heterocycles. The maximum absolute atomic E-state index is 12.7. The fourth-order valence-corrected chi connectivity index (χ4v) is 6.92. The minimum atomic E-state index is -3.50. The molecule has 0 radical (unpaired) electrons. The van der Waals surface area contributed by atoms with Crippen LogP contribution < -0.4 is 5.32 Å². The van der Waals surface area contributed by atoms with Crippen LogP contribution in [0.25, 0.3) is 0 Å². The smallest absolute Gasteiger partial charge is 0.252 e. The van der Waals surface area contributed by atoms with Crippen molar-refractivity contribution in [2.75, 3.05) is 25.4 Å². The Hall–Kier alpha value is -0.770. The number of benzene rings is 1. The number of carbonyl (C=O) groups excluding carboxylic acids is 1. The summed E-state index contributed by atoms with van der Waals surface area (Å²) >= 11 is 14.8. The number of piperidine rings is 1. The molecular formula is C19H22Cl2N2O3S3. The molecule has 1 N–H and O–H groups in total. The quantitative estimate of drug-likeness (QED) is 0.550. The monoisotopic (exact) mass is 492 g/mol. The van der Waals surface area contributed by atoms with Gasteiger partial charge in [0, 0.05) is 31.1 Å². The number of nitrogens with one attached hydrogen (secondary N) is 1. The molecule has 158 valence electrons. The number of amides is 1. The standard InChI is InChI=1S/C19H22Cl2N2O3S3/c20-16-6-5-14(11-17(16)21)13-27-10-7-22-19(24)15-3-1-8-23(12-15)29(25,26)18-4-2-9-28-18/h2,4-6,9,11,15H,1,3,7-8,10,12-13H2,(H,22,24)/t15-/m0/s1. The Labute approximate surface area is 189 Å². The van der Waals surface area contributed by atoms with Crippen molar-refractivity contribution >= 4 is 62.2 Å². The fraction of sp³-hybridized carbons (Fsp3) is 0.421. The summed E-state index contributed by atoms with van der Waals surface area (Å²) in [6.45, 7) is 1.24. The summed E-state index contributed by atoms with van der Waals surface area (Å²) < 4.78 is 27.1. The summed E-state index contributed by atoms with van der Waals surface area (Å²) in [5.41, 5.74) is 1.08. The molecule has 2 heterocycles. The van der Waals surface area contributed by atoms with Gasteiger partial charge >= 0.3 is 0 Å². The number of thioether (sulfide) groups is 1. The van der Waals surface area contributed by atoms with Crippen LogP contribution in [0.15, 0.2) is 39.9 Å². The van der Waals surface area contributed by atoms with E-state index >= 15 is 0 Å². The summed E-state index contributed by atoms with van der Waals surface area (Å²) in [6.07, 6.45) is 1.40. The first kappa shape index (κ1) is 22.9. The van der Waals surface area contributed by atoms with E-state index < -0.39 is 10.0 Å². The maximum atomic E-state index is 12.7. The summed E-state index contributed by atoms with van der Waals surface area (Å²) in [6, 6.07) is 8.89. The van der Waals surface area contributed by atoms with Crippen LogP contribution in [-0.4, -0.2) is 44.0 Å². The highest BCUT2D eigenvalue weighted by Gasteiger charge is 2.33. The SMILES string of the molecule is O=C(NCCSCc1ccc(Cl)c(Cl)c1)[C@H]1CCCN(S(=O)(=O)c2cccs2)C1. The van der Waals surface area contributed by atoms with Crippen molar-refractivity contribution in [3.8, 4) is 0 Å². The molecule has 1 aromatic carbocycles. The van der Waals surface area contributed by atoms with E-state index in [2.05, 4.69) is 5.32 Å². The molecule has 0 aliphatic carbocycles. The zero-order chi connectivity index (χ0) is 20.9. The van der Waals surface area contributed by atoms with Crippen molar-refractivity contribution in [3.63, 3.8) is 0 Å². The number of nitrogens with zero attached hydrogens (tertiary/aromatic N) is 1. The normalized spacial score (nSPS) is 17.9. The number of sulfonamides is 1. The molecule has 0 bridgehead atoms. The maximum Gasteiger partial charge on any atom is 0.252 e. The average molecular weight is 494 g/mol. The van der Waals surface area contributed by atoms with E-state index in [1.165, 1.54) is 15.6 Å². The van der Waals surface area contributed by atoms with Crippen molar-refractivity contribution < 1.29 is 13.2 Å². The van der Waals surface area contributed by atoms with Crippen molar-refractivity contribution in [2.45, 2.75) is 22.8 Å². The second kappa shape index (κ2) is 10.5.